The van der Waals surface area contributed by atoms with E-state index in [0.29, 0.717) is 11.9 Å². The van der Waals surface area contributed by atoms with Gasteiger partial charge in [-0.1, -0.05) is 13.3 Å². The summed E-state index contributed by atoms with van der Waals surface area (Å²) in [5, 5.41) is 15.6. The van der Waals surface area contributed by atoms with E-state index in [1.807, 2.05) is 0 Å². The van der Waals surface area contributed by atoms with Crippen molar-refractivity contribution < 1.29 is 5.21 Å². The molecule has 1 aliphatic rings. The molecule has 6 nitrogen and oxygen atoms in total. The number of piperidine rings is 1. The molecule has 23 heavy (non-hydrogen) atoms. The molecule has 1 aromatic heterocycles. The Hall–Kier alpha value is -0.980. The first kappa shape index (κ1) is 18.4. The van der Waals surface area contributed by atoms with E-state index in [4.69, 9.17) is 11.6 Å². The number of nitrogens with zero attached hydrogens (tertiary/aromatic N) is 4. The quantitative estimate of drug-likeness (QED) is 0.849. The molecule has 2 rings (SSSR count). The zero-order valence-electron chi connectivity index (χ0n) is 14.7. The van der Waals surface area contributed by atoms with Gasteiger partial charge in [0.15, 0.2) is 0 Å². The molecule has 0 aromatic carbocycles. The van der Waals surface area contributed by atoms with Gasteiger partial charge in [-0.25, -0.2) is 9.97 Å². The Kier molecular flexibility index (Phi) is 5.48. The second-order valence-electron chi connectivity index (χ2n) is 7.72. The third kappa shape index (κ3) is 4.31. The average molecular weight is 342 g/mol. The van der Waals surface area contributed by atoms with E-state index >= 15 is 0 Å². The lowest BCUT2D eigenvalue weighted by molar-refractivity contribution is -0.251. The molecule has 1 fully saturated rings. The van der Waals surface area contributed by atoms with E-state index < -0.39 is 0 Å². The molecule has 0 saturated carbocycles. The first-order valence-electron chi connectivity index (χ1n) is 8.26. The summed E-state index contributed by atoms with van der Waals surface area (Å²) in [6.45, 7) is 10.5. The summed E-state index contributed by atoms with van der Waals surface area (Å²) in [5.74, 6) is 0.935. The van der Waals surface area contributed by atoms with Crippen LogP contribution in [0.1, 0.15) is 60.3 Å². The minimum Gasteiger partial charge on any atom is -0.351 e. The van der Waals surface area contributed by atoms with E-state index in [-0.39, 0.29) is 22.4 Å². The maximum absolute atomic E-state index is 10.5. The highest BCUT2D eigenvalue weighted by molar-refractivity contribution is 6.28. The summed E-state index contributed by atoms with van der Waals surface area (Å²) in [5.41, 5.74) is -0.534. The molecule has 1 unspecified atom stereocenters. The maximum atomic E-state index is 10.5. The van der Waals surface area contributed by atoms with Crippen LogP contribution < -0.4 is 5.32 Å². The third-order valence-corrected chi connectivity index (χ3v) is 4.88. The van der Waals surface area contributed by atoms with Crippen LogP contribution >= 0.6 is 11.6 Å². The lowest BCUT2D eigenvalue weighted by atomic mass is 9.71. The van der Waals surface area contributed by atoms with Crippen LogP contribution in [0, 0.1) is 5.92 Å². The predicted octanol–water partition coefficient (Wildman–Crippen LogP) is 3.76. The molecule has 130 valence electrons. The summed E-state index contributed by atoms with van der Waals surface area (Å²) in [6.07, 6.45) is 5.32. The summed E-state index contributed by atoms with van der Waals surface area (Å²) in [4.78, 5) is 12.1. The van der Waals surface area contributed by atoms with Crippen LogP contribution in [0.25, 0.3) is 0 Å². The number of hydroxylamine groups is 2. The van der Waals surface area contributed by atoms with Gasteiger partial charge in [0, 0.05) is 17.1 Å². The molecule has 0 aliphatic carbocycles. The van der Waals surface area contributed by atoms with Gasteiger partial charge < -0.3 is 10.5 Å². The van der Waals surface area contributed by atoms with Crippen LogP contribution in [0.2, 0.25) is 5.28 Å². The first-order valence-corrected chi connectivity index (χ1v) is 8.64. The molecule has 0 radical (unpaired) electrons. The molecule has 7 heteroatoms. The van der Waals surface area contributed by atoms with Crippen molar-refractivity contribution in [3.8, 4) is 0 Å². The third-order valence-electron chi connectivity index (χ3n) is 4.70. The Morgan fingerprint density at radius 2 is 1.91 bits per heavy atom. The number of halogens is 1. The SMILES string of the molecule is CCCC(Nc1ncnc(Cl)n1)C1CC(C)(C)N(O)C(C)(C)C1. The smallest absolute Gasteiger partial charge is 0.227 e. The van der Waals surface area contributed by atoms with Crippen LogP contribution in [-0.4, -0.2) is 42.3 Å². The van der Waals surface area contributed by atoms with Crippen molar-refractivity contribution in [1.82, 2.24) is 20.0 Å². The lowest BCUT2D eigenvalue weighted by Crippen LogP contribution is -2.60. The maximum Gasteiger partial charge on any atom is 0.227 e. The summed E-state index contributed by atoms with van der Waals surface area (Å²) in [6, 6.07) is 0.241. The fourth-order valence-corrected chi connectivity index (χ4v) is 4.00. The van der Waals surface area contributed by atoms with Gasteiger partial charge in [-0.15, -0.1) is 0 Å². The standard InChI is InChI=1S/C16H28ClN5O/c1-6-7-12(20-14-19-10-18-13(17)21-14)11-8-15(2,3)22(23)16(4,5)9-11/h10-12,23H,6-9H2,1-5H3,(H,18,19,20,21). The van der Waals surface area contributed by atoms with Crippen LogP contribution in [0.3, 0.4) is 0 Å². The van der Waals surface area contributed by atoms with Gasteiger partial charge in [-0.05, 0) is 64.5 Å². The van der Waals surface area contributed by atoms with Crippen LogP contribution in [0.4, 0.5) is 5.95 Å². The van der Waals surface area contributed by atoms with Crippen molar-refractivity contribution in [1.29, 1.82) is 0 Å². The van der Waals surface area contributed by atoms with Gasteiger partial charge in [0.25, 0.3) is 0 Å². The molecule has 0 bridgehead atoms. The van der Waals surface area contributed by atoms with E-state index in [9.17, 15) is 5.21 Å². The summed E-state index contributed by atoms with van der Waals surface area (Å²) < 4.78 is 0. The van der Waals surface area contributed by atoms with Gasteiger partial charge in [0.2, 0.25) is 11.2 Å². The van der Waals surface area contributed by atoms with Crippen molar-refractivity contribution >= 4 is 17.5 Å². The number of hydrogen-bond donors (Lipinski definition) is 2. The molecule has 1 aromatic rings. The topological polar surface area (TPSA) is 74.2 Å². The molecule has 2 heterocycles. The highest BCUT2D eigenvalue weighted by atomic mass is 35.5. The number of nitrogens with one attached hydrogen (secondary N) is 1. The van der Waals surface area contributed by atoms with Gasteiger partial charge in [0.1, 0.15) is 6.33 Å². The normalized spacial score (nSPS) is 22.7. The van der Waals surface area contributed by atoms with Crippen LogP contribution in [0.5, 0.6) is 0 Å². The van der Waals surface area contributed by atoms with Crippen LogP contribution in [-0.2, 0) is 0 Å². The Labute approximate surface area is 143 Å². The number of rotatable bonds is 5. The minimum atomic E-state index is -0.267. The van der Waals surface area contributed by atoms with Gasteiger partial charge in [-0.2, -0.15) is 10.0 Å². The lowest BCUT2D eigenvalue weighted by Gasteiger charge is -2.53. The highest BCUT2D eigenvalue weighted by Gasteiger charge is 2.46. The molecular formula is C16H28ClN5O. The van der Waals surface area contributed by atoms with E-state index in [2.05, 4.69) is 54.9 Å². The fraction of sp³-hybridized carbons (Fsp3) is 0.812. The van der Waals surface area contributed by atoms with E-state index in [0.717, 1.165) is 25.7 Å². The Balaban J connectivity index is 2.20. The molecular weight excluding hydrogens is 314 g/mol. The Morgan fingerprint density at radius 1 is 1.30 bits per heavy atom. The Morgan fingerprint density at radius 3 is 2.43 bits per heavy atom. The molecule has 2 N–H and O–H groups in total. The molecule has 0 amide bonds. The zero-order chi connectivity index (χ0) is 17.3. The summed E-state index contributed by atoms with van der Waals surface area (Å²) in [7, 11) is 0. The molecule has 1 saturated heterocycles. The monoisotopic (exact) mass is 341 g/mol. The highest BCUT2D eigenvalue weighted by Crippen LogP contribution is 2.42. The van der Waals surface area contributed by atoms with Gasteiger partial charge in [-0.3, -0.25) is 0 Å². The number of aromatic nitrogens is 3. The first-order chi connectivity index (χ1) is 10.7. The second kappa shape index (κ2) is 6.87. The van der Waals surface area contributed by atoms with Gasteiger partial charge >= 0.3 is 0 Å². The van der Waals surface area contributed by atoms with Gasteiger partial charge in [0.05, 0.1) is 0 Å². The van der Waals surface area contributed by atoms with Crippen molar-refractivity contribution in [2.75, 3.05) is 5.32 Å². The fourth-order valence-electron chi connectivity index (χ4n) is 3.88. The van der Waals surface area contributed by atoms with Crippen molar-refractivity contribution in [3.63, 3.8) is 0 Å². The summed E-state index contributed by atoms with van der Waals surface area (Å²) >= 11 is 5.86. The van der Waals surface area contributed by atoms with Crippen molar-refractivity contribution in [2.24, 2.45) is 5.92 Å². The van der Waals surface area contributed by atoms with Crippen molar-refractivity contribution in [3.05, 3.63) is 11.6 Å². The minimum absolute atomic E-state index is 0.198. The Bertz CT molecular complexity index is 519. The molecule has 1 atom stereocenters. The van der Waals surface area contributed by atoms with E-state index in [1.165, 1.54) is 11.4 Å². The van der Waals surface area contributed by atoms with Crippen LogP contribution in [0.15, 0.2) is 6.33 Å². The molecule has 0 spiro atoms. The molecule has 1 aliphatic heterocycles. The number of anilines is 1. The van der Waals surface area contributed by atoms with Crippen molar-refractivity contribution in [2.45, 2.75) is 77.4 Å². The second-order valence-corrected chi connectivity index (χ2v) is 8.06. The van der Waals surface area contributed by atoms with E-state index in [1.54, 1.807) is 0 Å². The average Bonchev–Trinajstić information content (AvgIpc) is 2.43. The largest absolute Gasteiger partial charge is 0.351 e. The zero-order valence-corrected chi connectivity index (χ0v) is 15.4. The predicted molar refractivity (Wildman–Crippen MR) is 91.7 cm³/mol. The number of hydrogen-bond acceptors (Lipinski definition) is 6.